The van der Waals surface area contributed by atoms with Gasteiger partial charge in [0.05, 0.1) is 6.04 Å². The number of rotatable bonds is 2. The van der Waals surface area contributed by atoms with Gasteiger partial charge in [0.25, 0.3) is 0 Å². The molecule has 0 saturated carbocycles. The summed E-state index contributed by atoms with van der Waals surface area (Å²) in [5.41, 5.74) is 0. The summed E-state index contributed by atoms with van der Waals surface area (Å²) in [5.74, 6) is 0.864. The van der Waals surface area contributed by atoms with Gasteiger partial charge < -0.3 is 15.5 Å². The highest BCUT2D eigenvalue weighted by Crippen LogP contribution is 2.19. The summed E-state index contributed by atoms with van der Waals surface area (Å²) in [5, 5.41) is 6.92. The van der Waals surface area contributed by atoms with Crippen molar-refractivity contribution < 1.29 is 0 Å². The summed E-state index contributed by atoms with van der Waals surface area (Å²) in [4.78, 5) is 11.0. The minimum atomic E-state index is 0.491. The highest BCUT2D eigenvalue weighted by Gasteiger charge is 2.34. The summed E-state index contributed by atoms with van der Waals surface area (Å²) in [6.07, 6.45) is 4.89. The molecule has 2 atom stereocenters. The van der Waals surface area contributed by atoms with Gasteiger partial charge in [-0.1, -0.05) is 0 Å². The van der Waals surface area contributed by atoms with Gasteiger partial charge in [-0.25, -0.2) is 9.97 Å². The monoisotopic (exact) mass is 219 g/mol. The number of hydrogen-bond acceptors (Lipinski definition) is 5. The van der Waals surface area contributed by atoms with Crippen molar-refractivity contribution in [3.8, 4) is 0 Å². The van der Waals surface area contributed by atoms with Crippen molar-refractivity contribution in [1.29, 1.82) is 0 Å². The molecule has 0 radical (unpaired) electrons. The Morgan fingerprint density at radius 3 is 2.75 bits per heavy atom. The minimum Gasteiger partial charge on any atom is -0.334 e. The predicted octanol–water partition coefficient (Wildman–Crippen LogP) is -0.383. The van der Waals surface area contributed by atoms with Crippen molar-refractivity contribution in [1.82, 2.24) is 20.6 Å². The van der Waals surface area contributed by atoms with Crippen LogP contribution < -0.4 is 15.5 Å². The Hall–Kier alpha value is -1.20. The molecule has 1 aromatic rings. The van der Waals surface area contributed by atoms with Gasteiger partial charge in [-0.05, 0) is 19.0 Å². The molecular formula is C11H17N5. The molecule has 0 bridgehead atoms. The fraction of sp³-hybridized carbons (Fsp3) is 0.636. The zero-order chi connectivity index (χ0) is 10.8. The van der Waals surface area contributed by atoms with Crippen LogP contribution in [0, 0.1) is 0 Å². The van der Waals surface area contributed by atoms with Crippen LogP contribution in [0.4, 0.5) is 5.95 Å². The number of hydrogen-bond donors (Lipinski definition) is 2. The third kappa shape index (κ3) is 1.76. The largest absolute Gasteiger partial charge is 0.334 e. The van der Waals surface area contributed by atoms with Crippen LogP contribution >= 0.6 is 0 Å². The quantitative estimate of drug-likeness (QED) is 0.710. The normalized spacial score (nSPS) is 29.9. The van der Waals surface area contributed by atoms with Crippen molar-refractivity contribution in [3.05, 3.63) is 18.5 Å². The van der Waals surface area contributed by atoms with E-state index < -0.39 is 0 Å². The molecule has 16 heavy (non-hydrogen) atoms. The van der Waals surface area contributed by atoms with Gasteiger partial charge in [-0.2, -0.15) is 0 Å². The van der Waals surface area contributed by atoms with Crippen LogP contribution in [0.1, 0.15) is 6.42 Å². The van der Waals surface area contributed by atoms with E-state index in [-0.39, 0.29) is 0 Å². The zero-order valence-electron chi connectivity index (χ0n) is 9.26. The summed E-state index contributed by atoms with van der Waals surface area (Å²) in [6.45, 7) is 4.18. The molecule has 0 aliphatic carbocycles. The molecule has 5 heteroatoms. The van der Waals surface area contributed by atoms with E-state index in [1.54, 1.807) is 0 Å². The number of piperazine rings is 1. The van der Waals surface area contributed by atoms with E-state index in [0.717, 1.165) is 32.1 Å². The molecule has 3 rings (SSSR count). The maximum atomic E-state index is 4.35. The number of aromatic nitrogens is 2. The highest BCUT2D eigenvalue weighted by atomic mass is 15.3. The molecule has 2 N–H and O–H groups in total. The van der Waals surface area contributed by atoms with Crippen molar-refractivity contribution in [2.45, 2.75) is 18.5 Å². The van der Waals surface area contributed by atoms with Gasteiger partial charge in [0.2, 0.25) is 5.95 Å². The lowest BCUT2D eigenvalue weighted by Gasteiger charge is -2.44. The van der Waals surface area contributed by atoms with E-state index in [1.165, 1.54) is 6.42 Å². The second kappa shape index (κ2) is 4.35. The van der Waals surface area contributed by atoms with Crippen LogP contribution in [-0.4, -0.2) is 48.2 Å². The topological polar surface area (TPSA) is 53.1 Å². The van der Waals surface area contributed by atoms with Crippen molar-refractivity contribution in [2.75, 3.05) is 31.1 Å². The first-order valence-corrected chi connectivity index (χ1v) is 5.93. The summed E-state index contributed by atoms with van der Waals surface area (Å²) in [6, 6.07) is 2.95. The Labute approximate surface area is 95.3 Å². The third-order valence-corrected chi connectivity index (χ3v) is 3.42. The van der Waals surface area contributed by atoms with Crippen LogP contribution in [0.5, 0.6) is 0 Å². The van der Waals surface area contributed by atoms with Gasteiger partial charge in [0.15, 0.2) is 0 Å². The molecular weight excluding hydrogens is 202 g/mol. The fourth-order valence-corrected chi connectivity index (χ4v) is 2.41. The Morgan fingerprint density at radius 1 is 1.25 bits per heavy atom. The molecule has 3 heterocycles. The van der Waals surface area contributed by atoms with Crippen LogP contribution in [0.15, 0.2) is 18.5 Å². The van der Waals surface area contributed by atoms with Gasteiger partial charge in [0, 0.05) is 38.1 Å². The number of anilines is 1. The van der Waals surface area contributed by atoms with E-state index in [9.17, 15) is 0 Å². The first kappa shape index (κ1) is 9.99. The zero-order valence-corrected chi connectivity index (χ0v) is 9.26. The van der Waals surface area contributed by atoms with Gasteiger partial charge in [0.1, 0.15) is 0 Å². The van der Waals surface area contributed by atoms with Crippen LogP contribution in [0.25, 0.3) is 0 Å². The van der Waals surface area contributed by atoms with E-state index in [1.807, 2.05) is 18.5 Å². The molecule has 2 aliphatic heterocycles. The average Bonchev–Trinajstić information content (AvgIpc) is 2.29. The Kier molecular flexibility index (Phi) is 2.71. The van der Waals surface area contributed by atoms with Gasteiger partial charge >= 0.3 is 0 Å². The maximum Gasteiger partial charge on any atom is 0.225 e. The van der Waals surface area contributed by atoms with Crippen LogP contribution in [0.2, 0.25) is 0 Å². The lowest BCUT2D eigenvalue weighted by Crippen LogP contribution is -2.64. The predicted molar refractivity (Wildman–Crippen MR) is 62.4 cm³/mol. The SMILES string of the molecule is c1cnc(N2CCNCC2C2CCN2)nc1. The second-order valence-corrected chi connectivity index (χ2v) is 4.36. The Bertz CT molecular complexity index is 337. The molecule has 2 aliphatic rings. The van der Waals surface area contributed by atoms with E-state index >= 15 is 0 Å². The lowest BCUT2D eigenvalue weighted by atomic mass is 9.96. The first-order valence-electron chi connectivity index (χ1n) is 5.93. The first-order chi connectivity index (χ1) is 7.95. The minimum absolute atomic E-state index is 0.491. The van der Waals surface area contributed by atoms with Crippen LogP contribution in [-0.2, 0) is 0 Å². The molecule has 0 spiro atoms. The smallest absolute Gasteiger partial charge is 0.225 e. The fourth-order valence-electron chi connectivity index (χ4n) is 2.41. The van der Waals surface area contributed by atoms with Gasteiger partial charge in [-0.15, -0.1) is 0 Å². The highest BCUT2D eigenvalue weighted by molar-refractivity contribution is 5.33. The Balaban J connectivity index is 1.80. The summed E-state index contributed by atoms with van der Waals surface area (Å²) < 4.78 is 0. The molecule has 2 unspecified atom stereocenters. The van der Waals surface area contributed by atoms with Crippen LogP contribution in [0.3, 0.4) is 0 Å². The summed E-state index contributed by atoms with van der Waals surface area (Å²) in [7, 11) is 0. The van der Waals surface area contributed by atoms with Crippen molar-refractivity contribution in [3.63, 3.8) is 0 Å². The summed E-state index contributed by atoms with van der Waals surface area (Å²) >= 11 is 0. The molecule has 5 nitrogen and oxygen atoms in total. The second-order valence-electron chi connectivity index (χ2n) is 4.36. The standard InChI is InChI=1S/C11H17N5/c1-3-14-11(15-4-1)16-7-6-12-8-10(16)9-2-5-13-9/h1,3-4,9-10,12-13H,2,5-8H2. The molecule has 2 fully saturated rings. The molecule has 0 aromatic carbocycles. The molecule has 86 valence electrons. The number of nitrogens with zero attached hydrogens (tertiary/aromatic N) is 3. The average molecular weight is 219 g/mol. The molecule has 1 aromatic heterocycles. The van der Waals surface area contributed by atoms with Gasteiger partial charge in [-0.3, -0.25) is 0 Å². The number of nitrogens with one attached hydrogen (secondary N) is 2. The molecule has 0 amide bonds. The Morgan fingerprint density at radius 2 is 2.06 bits per heavy atom. The maximum absolute atomic E-state index is 4.35. The third-order valence-electron chi connectivity index (χ3n) is 3.42. The van der Waals surface area contributed by atoms with Crippen molar-refractivity contribution >= 4 is 5.95 Å². The lowest BCUT2D eigenvalue weighted by molar-refractivity contribution is 0.280. The van der Waals surface area contributed by atoms with E-state index in [0.29, 0.717) is 12.1 Å². The van der Waals surface area contributed by atoms with Crippen molar-refractivity contribution in [2.24, 2.45) is 0 Å². The van der Waals surface area contributed by atoms with E-state index in [4.69, 9.17) is 0 Å². The van der Waals surface area contributed by atoms with E-state index in [2.05, 4.69) is 25.5 Å². The molecule has 2 saturated heterocycles.